The van der Waals surface area contributed by atoms with Crippen molar-refractivity contribution in [1.82, 2.24) is 0 Å². The predicted molar refractivity (Wildman–Crippen MR) is 42.1 cm³/mol. The Morgan fingerprint density at radius 3 is 0.857 bits per heavy atom. The van der Waals surface area contributed by atoms with Crippen molar-refractivity contribution in [3.8, 4) is 0 Å². The molecule has 14 heavy (non-hydrogen) atoms. The van der Waals surface area contributed by atoms with E-state index < -0.39 is 33.1 Å². The average molecular weight is 286 g/mol. The van der Waals surface area contributed by atoms with Crippen LogP contribution < -0.4 is 29.6 Å². The van der Waals surface area contributed by atoms with Crippen LogP contribution in [0.5, 0.6) is 0 Å². The third kappa shape index (κ3) is 1840. The molecule has 14 heteroatoms. The standard InChI is InChI=1S/Na.H2O4S.2H2O3S.H/c;1-5(2,3)4;2*1-4(2)3;/h;(H2,1,2,3,4);2*(H2,1,2,3);/q+1;;;;-1. The molecular weight excluding hydrogens is 279 g/mol. The van der Waals surface area contributed by atoms with Crippen LogP contribution in [0.4, 0.5) is 0 Å². The van der Waals surface area contributed by atoms with Gasteiger partial charge in [0.25, 0.3) is 22.7 Å². The fourth-order valence-corrected chi connectivity index (χ4v) is 0. The molecule has 10 nitrogen and oxygen atoms in total. The van der Waals surface area contributed by atoms with Gasteiger partial charge in [0, 0.05) is 0 Å². The zero-order valence-electron chi connectivity index (χ0n) is 7.54. The van der Waals surface area contributed by atoms with Gasteiger partial charge in [0.15, 0.2) is 0 Å². The Morgan fingerprint density at radius 2 is 0.857 bits per heavy atom. The predicted octanol–water partition coefficient (Wildman–Crippen LogP) is -4.17. The van der Waals surface area contributed by atoms with E-state index in [0.29, 0.717) is 0 Å². The molecule has 0 aliphatic rings. The molecule has 0 saturated heterocycles. The average Bonchev–Trinajstić information content (AvgIpc) is 1.50. The van der Waals surface area contributed by atoms with Gasteiger partial charge in [-0.25, -0.2) is 0 Å². The quantitative estimate of drug-likeness (QED) is 0.145. The first-order chi connectivity index (χ1) is 5.46. The van der Waals surface area contributed by atoms with Gasteiger partial charge in [-0.2, -0.15) is 16.8 Å². The van der Waals surface area contributed by atoms with E-state index in [-0.39, 0.29) is 31.0 Å². The molecule has 86 valence electrons. The molecule has 0 amide bonds. The maximum absolute atomic E-state index is 8.74. The van der Waals surface area contributed by atoms with Crippen LogP contribution in [0.3, 0.4) is 0 Å². The van der Waals surface area contributed by atoms with Crippen molar-refractivity contribution in [3.05, 3.63) is 0 Å². The summed E-state index contributed by atoms with van der Waals surface area (Å²) in [5.74, 6) is 0. The van der Waals surface area contributed by atoms with Gasteiger partial charge < -0.3 is 1.43 Å². The Morgan fingerprint density at radius 1 is 0.857 bits per heavy atom. The van der Waals surface area contributed by atoms with Crippen molar-refractivity contribution in [2.24, 2.45) is 0 Å². The summed E-state index contributed by atoms with van der Waals surface area (Å²) in [5.41, 5.74) is 0. The molecule has 0 aromatic carbocycles. The first kappa shape index (κ1) is 24.3. The van der Waals surface area contributed by atoms with Gasteiger partial charge in [0.2, 0.25) is 0 Å². The van der Waals surface area contributed by atoms with E-state index in [1.165, 1.54) is 0 Å². The summed E-state index contributed by atoms with van der Waals surface area (Å²) in [5, 5.41) is 0. The van der Waals surface area contributed by atoms with Crippen molar-refractivity contribution in [1.29, 1.82) is 0 Å². The SMILES string of the molecule is O=S(=O)(O)O.O=S(O)O.O=S(O)O.[H-].[Na+]. The van der Waals surface area contributed by atoms with Crippen LogP contribution >= 0.6 is 0 Å². The van der Waals surface area contributed by atoms with E-state index >= 15 is 0 Å². The van der Waals surface area contributed by atoms with Crippen LogP contribution in [0.15, 0.2) is 0 Å². The van der Waals surface area contributed by atoms with Gasteiger partial charge in [-0.05, 0) is 0 Å². The smallest absolute Gasteiger partial charge is 1.00 e. The number of rotatable bonds is 0. The van der Waals surface area contributed by atoms with E-state index in [1.54, 1.807) is 0 Å². The summed E-state index contributed by atoms with van der Waals surface area (Å²) in [6.45, 7) is 0. The van der Waals surface area contributed by atoms with E-state index in [4.69, 9.17) is 44.2 Å². The van der Waals surface area contributed by atoms with E-state index in [1.807, 2.05) is 0 Å². The monoisotopic (exact) mass is 286 g/mol. The topological polar surface area (TPSA) is 190 Å². The van der Waals surface area contributed by atoms with Gasteiger partial charge in [0.05, 0.1) is 0 Å². The zero-order chi connectivity index (χ0) is 11.7. The second-order valence-corrected chi connectivity index (χ2v) is 2.73. The maximum atomic E-state index is 8.74. The third-order valence-electron chi connectivity index (χ3n) is 0. The first-order valence-electron chi connectivity index (χ1n) is 1.76. The van der Waals surface area contributed by atoms with Crippen LogP contribution in [0.1, 0.15) is 1.43 Å². The molecule has 0 aliphatic carbocycles. The molecule has 0 aromatic rings. The molecule has 0 saturated carbocycles. The van der Waals surface area contributed by atoms with Gasteiger partial charge in [0.1, 0.15) is 0 Å². The molecule has 0 fully saturated rings. The molecule has 0 radical (unpaired) electrons. The summed E-state index contributed by atoms with van der Waals surface area (Å²) in [6.07, 6.45) is 0. The summed E-state index contributed by atoms with van der Waals surface area (Å²) in [7, 11) is -4.67. The molecule has 0 aromatic heterocycles. The fourth-order valence-electron chi connectivity index (χ4n) is 0. The molecule has 0 atom stereocenters. The minimum atomic E-state index is -4.67. The summed E-state index contributed by atoms with van der Waals surface area (Å²) < 4.78 is 77.2. The third-order valence-corrected chi connectivity index (χ3v) is 0. The minimum absolute atomic E-state index is 0. The van der Waals surface area contributed by atoms with Crippen molar-refractivity contribution >= 4 is 33.1 Å². The second-order valence-electron chi connectivity index (χ2n) is 0.909. The molecular formula is H7NaO10S3. The molecule has 0 bridgehead atoms. The maximum Gasteiger partial charge on any atom is 1.00 e. The summed E-state index contributed by atoms with van der Waals surface area (Å²) >= 11 is -5.22. The van der Waals surface area contributed by atoms with Gasteiger partial charge >= 0.3 is 40.0 Å². The van der Waals surface area contributed by atoms with Crippen molar-refractivity contribution in [2.75, 3.05) is 0 Å². The molecule has 0 spiro atoms. The van der Waals surface area contributed by atoms with Crippen LogP contribution in [0.25, 0.3) is 0 Å². The molecule has 0 heterocycles. The van der Waals surface area contributed by atoms with Crippen LogP contribution in [0, 0.1) is 0 Å². The number of hydrogen-bond donors (Lipinski definition) is 6. The molecule has 0 rings (SSSR count). The largest absolute Gasteiger partial charge is 1.00 e. The molecule has 0 unspecified atom stereocenters. The zero-order valence-corrected chi connectivity index (χ0v) is 11.0. The van der Waals surface area contributed by atoms with Gasteiger partial charge in [-0.15, -0.1) is 0 Å². The number of hydrogen-bond acceptors (Lipinski definition) is 4. The van der Waals surface area contributed by atoms with Crippen molar-refractivity contribution in [2.45, 2.75) is 0 Å². The van der Waals surface area contributed by atoms with Crippen LogP contribution in [0.2, 0.25) is 0 Å². The normalized spacial score (nSPS) is 9.14. The summed E-state index contributed by atoms with van der Waals surface area (Å²) in [6, 6.07) is 0. The van der Waals surface area contributed by atoms with Crippen molar-refractivity contribution < 1.29 is 75.1 Å². The van der Waals surface area contributed by atoms with Crippen LogP contribution in [-0.2, 0) is 33.1 Å². The Balaban J connectivity index is -0.0000000315. The van der Waals surface area contributed by atoms with E-state index in [0.717, 1.165) is 0 Å². The Hall–Kier alpha value is 1.01. The van der Waals surface area contributed by atoms with Crippen LogP contribution in [-0.4, -0.2) is 44.2 Å². The summed E-state index contributed by atoms with van der Waals surface area (Å²) in [4.78, 5) is 0. The van der Waals surface area contributed by atoms with Gasteiger partial charge in [-0.1, -0.05) is 0 Å². The fraction of sp³-hybridized carbons (Fsp3) is 0. The van der Waals surface area contributed by atoms with E-state index in [2.05, 4.69) is 0 Å². The Bertz CT molecular complexity index is 215. The molecule has 6 N–H and O–H groups in total. The Labute approximate surface area is 108 Å². The van der Waals surface area contributed by atoms with Crippen molar-refractivity contribution in [3.63, 3.8) is 0 Å². The second kappa shape index (κ2) is 14.0. The first-order valence-corrected chi connectivity index (χ1v) is 5.29. The van der Waals surface area contributed by atoms with Gasteiger partial charge in [-0.3, -0.25) is 27.3 Å². The minimum Gasteiger partial charge on any atom is -1.00 e. The Kier molecular flexibility index (Phi) is 24.3. The van der Waals surface area contributed by atoms with E-state index in [9.17, 15) is 0 Å². The molecule has 0 aliphatic heterocycles.